The van der Waals surface area contributed by atoms with Crippen molar-refractivity contribution in [1.29, 1.82) is 0 Å². The Kier molecular flexibility index (Phi) is 3.10. The van der Waals surface area contributed by atoms with Gasteiger partial charge in [-0.1, -0.05) is 6.07 Å². The third-order valence-corrected chi connectivity index (χ3v) is 2.38. The monoisotopic (exact) mass is 262 g/mol. The van der Waals surface area contributed by atoms with Gasteiger partial charge in [0.2, 0.25) is 0 Å². The number of H-pyrrole nitrogens is 1. The molecule has 0 spiro atoms. The molecule has 4 N–H and O–H groups in total. The first-order chi connectivity index (χ1) is 8.99. The summed E-state index contributed by atoms with van der Waals surface area (Å²) in [6.07, 6.45) is 0. The third-order valence-electron chi connectivity index (χ3n) is 2.38. The molecule has 2 aromatic rings. The number of aromatic nitrogens is 3. The lowest BCUT2D eigenvalue weighted by molar-refractivity contribution is -0.384. The lowest BCUT2D eigenvalue weighted by atomic mass is 10.2. The summed E-state index contributed by atoms with van der Waals surface area (Å²) in [5.41, 5.74) is 5.80. The maximum atomic E-state index is 11.1. The number of aryl methyl sites for hydroxylation is 1. The van der Waals surface area contributed by atoms with E-state index < -0.39 is 10.8 Å². The Hall–Kier alpha value is -2.97. The molecule has 19 heavy (non-hydrogen) atoms. The van der Waals surface area contributed by atoms with E-state index in [0.717, 1.165) is 5.56 Å². The number of nitrogens with zero attached hydrogens (tertiary/aromatic N) is 3. The Morgan fingerprint density at radius 1 is 1.47 bits per heavy atom. The van der Waals surface area contributed by atoms with Crippen LogP contribution in [0.4, 0.5) is 17.2 Å². The minimum Gasteiger partial charge on any atom is -0.364 e. The average Bonchev–Trinajstić information content (AvgIpc) is 2.79. The zero-order chi connectivity index (χ0) is 14.0. The van der Waals surface area contributed by atoms with Crippen molar-refractivity contribution >= 4 is 23.1 Å². The molecule has 0 atom stereocenters. The van der Waals surface area contributed by atoms with E-state index >= 15 is 0 Å². The topological polar surface area (TPSA) is 140 Å². The summed E-state index contributed by atoms with van der Waals surface area (Å²) in [5, 5.41) is 23.1. The van der Waals surface area contributed by atoms with Crippen LogP contribution < -0.4 is 11.1 Å². The summed E-state index contributed by atoms with van der Waals surface area (Å²) in [5.74, 6) is -0.745. The first kappa shape index (κ1) is 12.5. The quantitative estimate of drug-likeness (QED) is 0.551. The molecule has 0 saturated carbocycles. The molecule has 0 radical (unpaired) electrons. The van der Waals surface area contributed by atoms with Gasteiger partial charge in [-0.3, -0.25) is 14.9 Å². The van der Waals surface area contributed by atoms with Crippen LogP contribution in [0.3, 0.4) is 0 Å². The fraction of sp³-hybridized carbons (Fsp3) is 0.100. The molecule has 9 nitrogen and oxygen atoms in total. The van der Waals surface area contributed by atoms with Crippen LogP contribution >= 0.6 is 0 Å². The van der Waals surface area contributed by atoms with Crippen LogP contribution in [0.5, 0.6) is 0 Å². The van der Waals surface area contributed by atoms with Crippen LogP contribution in [-0.4, -0.2) is 26.2 Å². The number of hydrogen-bond acceptors (Lipinski definition) is 6. The number of nitrogens with two attached hydrogens (primary N) is 1. The van der Waals surface area contributed by atoms with Crippen LogP contribution in [0, 0.1) is 17.0 Å². The van der Waals surface area contributed by atoms with Gasteiger partial charge in [-0.25, -0.2) is 0 Å². The highest BCUT2D eigenvalue weighted by Crippen LogP contribution is 2.28. The van der Waals surface area contributed by atoms with E-state index in [1.54, 1.807) is 13.0 Å². The number of carbonyl (C=O) groups excluding carboxylic acids is 1. The van der Waals surface area contributed by atoms with Gasteiger partial charge >= 0.3 is 0 Å². The Labute approximate surface area is 107 Å². The Morgan fingerprint density at radius 2 is 2.21 bits per heavy atom. The lowest BCUT2D eigenvalue weighted by Gasteiger charge is -2.05. The van der Waals surface area contributed by atoms with Crippen molar-refractivity contribution in [2.45, 2.75) is 6.92 Å². The second-order valence-electron chi connectivity index (χ2n) is 3.79. The molecule has 1 aromatic heterocycles. The second kappa shape index (κ2) is 4.72. The molecule has 1 heterocycles. The fourth-order valence-corrected chi connectivity index (χ4v) is 1.52. The van der Waals surface area contributed by atoms with Crippen molar-refractivity contribution in [2.75, 3.05) is 5.32 Å². The lowest BCUT2D eigenvalue weighted by Crippen LogP contribution is -2.13. The number of benzene rings is 1. The summed E-state index contributed by atoms with van der Waals surface area (Å²) < 4.78 is 0. The number of aromatic amines is 1. The molecule has 9 heteroatoms. The molecular formula is C10H10N6O3. The van der Waals surface area contributed by atoms with Crippen molar-refractivity contribution in [3.63, 3.8) is 0 Å². The standard InChI is InChI=1S/C10H10N6O3/c1-5-2-3-6(7(4-5)16(18)19)12-10-8(9(11)17)13-15-14-10/h2-4H,1H3,(H2,11,17)(H2,12,13,14,15). The largest absolute Gasteiger partial charge is 0.364 e. The van der Waals surface area contributed by atoms with Gasteiger partial charge in [-0.2, -0.15) is 5.21 Å². The number of anilines is 2. The van der Waals surface area contributed by atoms with E-state index in [-0.39, 0.29) is 22.9 Å². The van der Waals surface area contributed by atoms with E-state index in [4.69, 9.17) is 5.73 Å². The number of nitrogens with one attached hydrogen (secondary N) is 2. The van der Waals surface area contributed by atoms with Gasteiger partial charge in [0.15, 0.2) is 11.5 Å². The molecule has 0 aliphatic carbocycles. The molecular weight excluding hydrogens is 252 g/mol. The minimum atomic E-state index is -0.786. The SMILES string of the molecule is Cc1ccc(Nc2n[nH]nc2C(N)=O)c([N+](=O)[O-])c1. The molecule has 0 aliphatic heterocycles. The number of hydrogen-bond donors (Lipinski definition) is 3. The summed E-state index contributed by atoms with van der Waals surface area (Å²) in [7, 11) is 0. The Bertz CT molecular complexity index is 650. The van der Waals surface area contributed by atoms with E-state index in [9.17, 15) is 14.9 Å². The minimum absolute atomic E-state index is 0.0412. The molecule has 1 aromatic carbocycles. The molecule has 2 rings (SSSR count). The van der Waals surface area contributed by atoms with Gasteiger partial charge in [0.25, 0.3) is 11.6 Å². The third kappa shape index (κ3) is 2.49. The van der Waals surface area contributed by atoms with Crippen molar-refractivity contribution < 1.29 is 9.72 Å². The fourth-order valence-electron chi connectivity index (χ4n) is 1.52. The van der Waals surface area contributed by atoms with Gasteiger partial charge in [0.1, 0.15) is 5.69 Å². The van der Waals surface area contributed by atoms with Crippen LogP contribution in [-0.2, 0) is 0 Å². The van der Waals surface area contributed by atoms with Crippen LogP contribution in [0.25, 0.3) is 0 Å². The number of primary amides is 1. The van der Waals surface area contributed by atoms with Crippen LogP contribution in [0.1, 0.15) is 16.1 Å². The van der Waals surface area contributed by atoms with Crippen molar-refractivity contribution in [3.8, 4) is 0 Å². The predicted octanol–water partition coefficient (Wildman–Crippen LogP) is 0.864. The summed E-state index contributed by atoms with van der Waals surface area (Å²) in [6.45, 7) is 1.74. The Balaban J connectivity index is 2.41. The molecule has 0 saturated heterocycles. The molecule has 98 valence electrons. The molecule has 0 unspecified atom stereocenters. The van der Waals surface area contributed by atoms with Crippen LogP contribution in [0.15, 0.2) is 18.2 Å². The summed E-state index contributed by atoms with van der Waals surface area (Å²) >= 11 is 0. The van der Waals surface area contributed by atoms with Crippen molar-refractivity contribution in [3.05, 3.63) is 39.6 Å². The van der Waals surface area contributed by atoms with E-state index in [2.05, 4.69) is 20.7 Å². The van der Waals surface area contributed by atoms with E-state index in [1.165, 1.54) is 12.1 Å². The number of amides is 1. The van der Waals surface area contributed by atoms with Crippen LogP contribution in [0.2, 0.25) is 0 Å². The maximum Gasteiger partial charge on any atom is 0.292 e. The molecule has 1 amide bonds. The first-order valence-corrected chi connectivity index (χ1v) is 5.21. The highest BCUT2D eigenvalue weighted by molar-refractivity contribution is 5.96. The summed E-state index contributed by atoms with van der Waals surface area (Å²) in [4.78, 5) is 21.5. The number of rotatable bonds is 4. The Morgan fingerprint density at radius 3 is 2.84 bits per heavy atom. The number of carbonyl (C=O) groups is 1. The van der Waals surface area contributed by atoms with E-state index in [0.29, 0.717) is 0 Å². The normalized spacial score (nSPS) is 10.2. The number of nitro groups is 1. The maximum absolute atomic E-state index is 11.1. The van der Waals surface area contributed by atoms with Gasteiger partial charge in [-0.15, -0.1) is 10.2 Å². The van der Waals surface area contributed by atoms with Crippen molar-refractivity contribution in [2.24, 2.45) is 5.73 Å². The summed E-state index contributed by atoms with van der Waals surface area (Å²) in [6, 6.07) is 4.62. The van der Waals surface area contributed by atoms with Crippen molar-refractivity contribution in [1.82, 2.24) is 15.4 Å². The van der Waals surface area contributed by atoms with Gasteiger partial charge in [-0.05, 0) is 18.6 Å². The highest BCUT2D eigenvalue weighted by atomic mass is 16.6. The average molecular weight is 262 g/mol. The molecule has 0 fully saturated rings. The zero-order valence-corrected chi connectivity index (χ0v) is 9.88. The molecule has 0 aliphatic rings. The smallest absolute Gasteiger partial charge is 0.292 e. The predicted molar refractivity (Wildman–Crippen MR) is 66.0 cm³/mol. The first-order valence-electron chi connectivity index (χ1n) is 5.21. The highest BCUT2D eigenvalue weighted by Gasteiger charge is 2.18. The molecule has 0 bridgehead atoms. The van der Waals surface area contributed by atoms with Gasteiger partial charge in [0, 0.05) is 6.07 Å². The zero-order valence-electron chi connectivity index (χ0n) is 9.88. The number of nitro benzene ring substituents is 1. The van der Waals surface area contributed by atoms with Gasteiger partial charge < -0.3 is 11.1 Å². The van der Waals surface area contributed by atoms with Gasteiger partial charge in [0.05, 0.1) is 4.92 Å². The van der Waals surface area contributed by atoms with E-state index in [1.807, 2.05) is 0 Å². The second-order valence-corrected chi connectivity index (χ2v) is 3.79.